The molecule has 0 aliphatic rings. The third-order valence-electron chi connectivity index (χ3n) is 5.68. The lowest BCUT2D eigenvalue weighted by Gasteiger charge is -2.16. The quantitative estimate of drug-likeness (QED) is 0.302. The number of nitrogens with one attached hydrogen (secondary N) is 1. The van der Waals surface area contributed by atoms with E-state index in [1.165, 1.54) is 0 Å². The molecule has 0 unspecified atom stereocenters. The van der Waals surface area contributed by atoms with Crippen molar-refractivity contribution in [1.29, 1.82) is 0 Å². The summed E-state index contributed by atoms with van der Waals surface area (Å²) in [6, 6.07) is 14.2. The highest BCUT2D eigenvalue weighted by molar-refractivity contribution is 6.30. The van der Waals surface area contributed by atoms with E-state index >= 15 is 0 Å². The summed E-state index contributed by atoms with van der Waals surface area (Å²) in [6.45, 7) is 1.79. The van der Waals surface area contributed by atoms with Crippen molar-refractivity contribution in [1.82, 2.24) is 5.32 Å². The van der Waals surface area contributed by atoms with E-state index in [4.69, 9.17) is 27.2 Å². The summed E-state index contributed by atoms with van der Waals surface area (Å²) in [6.07, 6.45) is 2.80. The van der Waals surface area contributed by atoms with Gasteiger partial charge in [0.2, 0.25) is 5.91 Å². The van der Waals surface area contributed by atoms with Gasteiger partial charge in [-0.25, -0.2) is 0 Å². The average Bonchev–Trinajstić information content (AvgIpc) is 2.85. The zero-order chi connectivity index (χ0) is 25.6. The van der Waals surface area contributed by atoms with Crippen molar-refractivity contribution in [3.05, 3.63) is 64.7 Å². The molecule has 0 aliphatic heterocycles. The highest BCUT2D eigenvalue weighted by atomic mass is 35.5. The minimum absolute atomic E-state index is 0.0544. The Bertz CT molecular complexity index is 967. The largest absolute Gasteiger partial charge is 0.485 e. The molecule has 1 amide bonds. The van der Waals surface area contributed by atoms with Crippen LogP contribution in [0.1, 0.15) is 50.2 Å². The first-order valence-corrected chi connectivity index (χ1v) is 12.3. The van der Waals surface area contributed by atoms with Crippen LogP contribution in [0.4, 0.5) is 0 Å². The second-order valence-corrected chi connectivity index (χ2v) is 9.12. The normalized spacial score (nSPS) is 12.6. The number of aliphatic hydroxyl groups excluding tert-OH is 1. The van der Waals surface area contributed by atoms with Crippen molar-refractivity contribution in [2.45, 2.75) is 58.0 Å². The Morgan fingerprint density at radius 2 is 1.86 bits per heavy atom. The molecule has 2 atom stereocenters. The Morgan fingerprint density at radius 1 is 1.11 bits per heavy atom. The number of carbonyl (C=O) groups excluding carboxylic acids is 3. The summed E-state index contributed by atoms with van der Waals surface area (Å²) in [5, 5.41) is 12.1. The van der Waals surface area contributed by atoms with Crippen molar-refractivity contribution in [2.24, 2.45) is 11.7 Å². The molecule has 2 aromatic carbocycles. The maximum absolute atomic E-state index is 12.6. The van der Waals surface area contributed by atoms with Crippen LogP contribution in [0.3, 0.4) is 0 Å². The van der Waals surface area contributed by atoms with E-state index in [1.54, 1.807) is 25.1 Å². The van der Waals surface area contributed by atoms with Crippen LogP contribution in [-0.2, 0) is 27.3 Å². The number of hydrogen-bond acceptors (Lipinski definition) is 6. The predicted molar refractivity (Wildman–Crippen MR) is 136 cm³/mol. The monoisotopic (exact) mass is 502 g/mol. The Morgan fingerprint density at radius 3 is 2.57 bits per heavy atom. The van der Waals surface area contributed by atoms with Crippen molar-refractivity contribution in [2.75, 3.05) is 13.2 Å². The number of unbranched alkanes of at least 4 members (excludes halogenated alkanes) is 1. The molecule has 0 fully saturated rings. The Labute approximate surface area is 212 Å². The third-order valence-corrected chi connectivity index (χ3v) is 5.92. The number of aryl methyl sites for hydroxylation is 1. The fourth-order valence-electron chi connectivity index (χ4n) is 3.52. The maximum atomic E-state index is 12.6. The number of ketones is 2. The van der Waals surface area contributed by atoms with Crippen molar-refractivity contribution in [3.8, 4) is 5.75 Å². The fraction of sp³-hybridized carbons (Fsp3) is 0.444. The number of amides is 1. The van der Waals surface area contributed by atoms with Crippen molar-refractivity contribution >= 4 is 29.1 Å². The standard InChI is InChI=1S/C27H35ClN2O5/c1-19(15-25(33)24(29)12-10-20-7-3-2-4-8-20)27(34)30-17-21-16-22(28)11-13-26(21)35-18-23(32)9-5-6-14-31/h2-4,7-8,11,13,16,19,24,31H,5-6,9-10,12,14-15,17-18,29H2,1H3,(H,30,34)/t19-,24-/m1/s1. The van der Waals surface area contributed by atoms with E-state index in [0.29, 0.717) is 48.4 Å². The molecule has 0 saturated heterocycles. The van der Waals surface area contributed by atoms with Gasteiger partial charge in [0.15, 0.2) is 5.78 Å². The molecule has 0 radical (unpaired) electrons. The van der Waals surface area contributed by atoms with Gasteiger partial charge in [0.05, 0.1) is 6.04 Å². The van der Waals surface area contributed by atoms with E-state index in [1.807, 2.05) is 30.3 Å². The number of rotatable bonds is 16. The van der Waals surface area contributed by atoms with E-state index < -0.39 is 12.0 Å². The number of aliphatic hydroxyl groups is 1. The summed E-state index contributed by atoms with van der Waals surface area (Å²) in [4.78, 5) is 37.1. The number of nitrogens with two attached hydrogens (primary N) is 1. The van der Waals surface area contributed by atoms with Crippen molar-refractivity contribution in [3.63, 3.8) is 0 Å². The van der Waals surface area contributed by atoms with E-state index in [-0.39, 0.29) is 43.7 Å². The fourth-order valence-corrected chi connectivity index (χ4v) is 3.72. The molecule has 0 spiro atoms. The molecule has 0 bridgehead atoms. The Balaban J connectivity index is 1.82. The van der Waals surface area contributed by atoms with Gasteiger partial charge in [-0.3, -0.25) is 14.4 Å². The first kappa shape index (κ1) is 28.5. The SMILES string of the molecule is C[C@H](CC(=O)[C@H](N)CCc1ccccc1)C(=O)NCc1cc(Cl)ccc1OCC(=O)CCCCO. The Kier molecular flexibility index (Phi) is 12.5. The Hall–Kier alpha value is -2.74. The van der Waals surface area contributed by atoms with Gasteiger partial charge in [-0.05, 0) is 49.4 Å². The summed E-state index contributed by atoms with van der Waals surface area (Å²) in [7, 11) is 0. The van der Waals surface area contributed by atoms with Crippen LogP contribution >= 0.6 is 11.6 Å². The van der Waals surface area contributed by atoms with Gasteiger partial charge >= 0.3 is 0 Å². The van der Waals surface area contributed by atoms with Crippen LogP contribution < -0.4 is 15.8 Å². The van der Waals surface area contributed by atoms with Crippen LogP contribution in [0.5, 0.6) is 5.75 Å². The average molecular weight is 503 g/mol. The second kappa shape index (κ2) is 15.3. The van der Waals surface area contributed by atoms with E-state index in [2.05, 4.69) is 5.32 Å². The van der Waals surface area contributed by atoms with Gasteiger partial charge in [-0.1, -0.05) is 48.9 Å². The molecule has 7 nitrogen and oxygen atoms in total. The highest BCUT2D eigenvalue weighted by Gasteiger charge is 2.21. The van der Waals surface area contributed by atoms with E-state index in [0.717, 1.165) is 5.56 Å². The molecule has 190 valence electrons. The number of carbonyl (C=O) groups is 3. The zero-order valence-electron chi connectivity index (χ0n) is 20.2. The summed E-state index contributed by atoms with van der Waals surface area (Å²) in [5.74, 6) is -0.576. The molecule has 35 heavy (non-hydrogen) atoms. The molecule has 8 heteroatoms. The van der Waals surface area contributed by atoms with Crippen LogP contribution in [0.2, 0.25) is 5.02 Å². The topological polar surface area (TPSA) is 119 Å². The maximum Gasteiger partial charge on any atom is 0.223 e. The second-order valence-electron chi connectivity index (χ2n) is 8.68. The number of benzene rings is 2. The highest BCUT2D eigenvalue weighted by Crippen LogP contribution is 2.23. The van der Waals surface area contributed by atoms with Gasteiger partial charge in [-0.15, -0.1) is 0 Å². The lowest BCUT2D eigenvalue weighted by atomic mass is 9.96. The summed E-state index contributed by atoms with van der Waals surface area (Å²) in [5.41, 5.74) is 7.81. The molecule has 4 N–H and O–H groups in total. The molecule has 0 aliphatic carbocycles. The molecule has 0 aromatic heterocycles. The first-order valence-electron chi connectivity index (χ1n) is 11.9. The number of ether oxygens (including phenoxy) is 1. The molecule has 0 saturated carbocycles. The van der Waals surface area contributed by atoms with E-state index in [9.17, 15) is 14.4 Å². The molecule has 0 heterocycles. The van der Waals surface area contributed by atoms with Gasteiger partial charge in [0.25, 0.3) is 0 Å². The number of Topliss-reactive ketones (excluding diaryl/α,β-unsaturated/α-hetero) is 2. The number of hydrogen-bond donors (Lipinski definition) is 3. The van der Waals surface area contributed by atoms with Crippen LogP contribution in [0, 0.1) is 5.92 Å². The summed E-state index contributed by atoms with van der Waals surface area (Å²) >= 11 is 6.10. The number of halogens is 1. The van der Waals surface area contributed by atoms with Crippen LogP contribution in [0.15, 0.2) is 48.5 Å². The minimum atomic E-state index is -0.617. The molecular formula is C27H35ClN2O5. The molecular weight excluding hydrogens is 468 g/mol. The van der Waals surface area contributed by atoms with Gasteiger partial charge in [-0.2, -0.15) is 0 Å². The van der Waals surface area contributed by atoms with Crippen LogP contribution in [0.25, 0.3) is 0 Å². The third kappa shape index (κ3) is 10.6. The van der Waals surface area contributed by atoms with Crippen LogP contribution in [-0.4, -0.2) is 41.8 Å². The van der Waals surface area contributed by atoms with Crippen molar-refractivity contribution < 1.29 is 24.2 Å². The van der Waals surface area contributed by atoms with Gasteiger partial charge < -0.3 is 20.9 Å². The first-order chi connectivity index (χ1) is 16.8. The molecule has 2 rings (SSSR count). The van der Waals surface area contributed by atoms with Gasteiger partial charge in [0.1, 0.15) is 18.1 Å². The lowest BCUT2D eigenvalue weighted by molar-refractivity contribution is -0.129. The zero-order valence-corrected chi connectivity index (χ0v) is 20.9. The summed E-state index contributed by atoms with van der Waals surface area (Å²) < 4.78 is 5.64. The smallest absolute Gasteiger partial charge is 0.223 e. The molecule has 2 aromatic rings. The lowest BCUT2D eigenvalue weighted by Crippen LogP contribution is -2.36. The minimum Gasteiger partial charge on any atom is -0.485 e. The van der Waals surface area contributed by atoms with Gasteiger partial charge in [0, 0.05) is 42.5 Å². The predicted octanol–water partition coefficient (Wildman–Crippen LogP) is 3.62.